The highest BCUT2D eigenvalue weighted by molar-refractivity contribution is 6.33. The molecule has 4 aromatic carbocycles. The Labute approximate surface area is 241 Å². The third-order valence-electron chi connectivity index (χ3n) is 6.15. The molecule has 0 aliphatic carbocycles. The predicted octanol–water partition coefficient (Wildman–Crippen LogP) is 7.44. The molecule has 6 nitrogen and oxygen atoms in total. The van der Waals surface area contributed by atoms with E-state index in [1.165, 1.54) is 0 Å². The van der Waals surface area contributed by atoms with E-state index in [1.54, 1.807) is 12.1 Å². The molecule has 200 valence electrons. The van der Waals surface area contributed by atoms with Crippen molar-refractivity contribution in [2.75, 3.05) is 23.8 Å². The standard InChI is InChI=1S/2C16H12ClNO2/c2*17-12-8-4-5-9-13(12)18-14-10-20-16(19)15(14)11-6-2-1-3-7-11/h2*1-9,18H,10H2. The summed E-state index contributed by atoms with van der Waals surface area (Å²) in [4.78, 5) is 23.8. The number of halogens is 2. The Balaban J connectivity index is 0.000000161. The Morgan fingerprint density at radius 1 is 0.500 bits per heavy atom. The molecule has 2 N–H and O–H groups in total. The minimum atomic E-state index is -0.314. The van der Waals surface area contributed by atoms with Crippen LogP contribution in [-0.2, 0) is 19.1 Å². The Hall–Kier alpha value is -4.52. The summed E-state index contributed by atoms with van der Waals surface area (Å²) in [5, 5.41) is 7.59. The molecule has 0 unspecified atom stereocenters. The fraction of sp³-hybridized carbons (Fsp3) is 0.0625. The van der Waals surface area contributed by atoms with Gasteiger partial charge in [-0.15, -0.1) is 0 Å². The molecule has 2 heterocycles. The molecule has 0 aromatic heterocycles. The number of rotatable bonds is 6. The summed E-state index contributed by atoms with van der Waals surface area (Å²) < 4.78 is 10.3. The Morgan fingerprint density at radius 3 is 1.23 bits per heavy atom. The maximum Gasteiger partial charge on any atom is 0.341 e. The van der Waals surface area contributed by atoms with Gasteiger partial charge >= 0.3 is 11.9 Å². The van der Waals surface area contributed by atoms with Crippen LogP contribution >= 0.6 is 23.2 Å². The van der Waals surface area contributed by atoms with Gasteiger partial charge in [-0.3, -0.25) is 0 Å². The van der Waals surface area contributed by atoms with Gasteiger partial charge in [-0.2, -0.15) is 0 Å². The zero-order chi connectivity index (χ0) is 27.9. The van der Waals surface area contributed by atoms with Crippen molar-refractivity contribution in [1.82, 2.24) is 0 Å². The highest BCUT2D eigenvalue weighted by Gasteiger charge is 2.27. The topological polar surface area (TPSA) is 76.7 Å². The molecule has 40 heavy (non-hydrogen) atoms. The van der Waals surface area contributed by atoms with Crippen molar-refractivity contribution in [3.8, 4) is 0 Å². The van der Waals surface area contributed by atoms with Crippen molar-refractivity contribution in [2.24, 2.45) is 0 Å². The number of carbonyl (C=O) groups excluding carboxylic acids is 2. The number of cyclic esters (lactones) is 2. The quantitative estimate of drug-likeness (QED) is 0.234. The van der Waals surface area contributed by atoms with Crippen molar-refractivity contribution in [1.29, 1.82) is 0 Å². The molecule has 2 aliphatic heterocycles. The number of para-hydroxylation sites is 2. The second-order valence-electron chi connectivity index (χ2n) is 8.80. The minimum absolute atomic E-state index is 0.230. The monoisotopic (exact) mass is 570 g/mol. The van der Waals surface area contributed by atoms with Crippen LogP contribution < -0.4 is 10.6 Å². The first-order chi connectivity index (χ1) is 19.5. The third-order valence-corrected chi connectivity index (χ3v) is 6.81. The summed E-state index contributed by atoms with van der Waals surface area (Å²) >= 11 is 12.2. The molecule has 0 radical (unpaired) electrons. The lowest BCUT2D eigenvalue weighted by Crippen LogP contribution is -2.03. The van der Waals surface area contributed by atoms with E-state index < -0.39 is 0 Å². The van der Waals surface area contributed by atoms with E-state index in [1.807, 2.05) is 97.1 Å². The van der Waals surface area contributed by atoms with Crippen LogP contribution in [0.25, 0.3) is 11.1 Å². The predicted molar refractivity (Wildman–Crippen MR) is 159 cm³/mol. The van der Waals surface area contributed by atoms with Crippen LogP contribution in [0.15, 0.2) is 121 Å². The van der Waals surface area contributed by atoms with Crippen LogP contribution in [0.3, 0.4) is 0 Å². The first-order valence-electron chi connectivity index (χ1n) is 12.5. The summed E-state index contributed by atoms with van der Waals surface area (Å²) in [5.74, 6) is -0.628. The fourth-order valence-corrected chi connectivity index (χ4v) is 4.62. The van der Waals surface area contributed by atoms with E-state index in [0.717, 1.165) is 33.9 Å². The zero-order valence-electron chi connectivity index (χ0n) is 21.2. The van der Waals surface area contributed by atoms with Crippen LogP contribution in [0.4, 0.5) is 11.4 Å². The van der Waals surface area contributed by atoms with E-state index in [0.29, 0.717) is 21.2 Å². The summed E-state index contributed by atoms with van der Waals surface area (Å²) in [6, 6.07) is 33.7. The van der Waals surface area contributed by atoms with Crippen molar-refractivity contribution in [3.05, 3.63) is 142 Å². The van der Waals surface area contributed by atoms with Crippen molar-refractivity contribution in [3.63, 3.8) is 0 Å². The summed E-state index contributed by atoms with van der Waals surface area (Å²) in [5.41, 5.74) is 5.78. The number of esters is 2. The second kappa shape index (κ2) is 12.6. The molecule has 6 rings (SSSR count). The average molecular weight is 571 g/mol. The van der Waals surface area contributed by atoms with E-state index in [4.69, 9.17) is 32.7 Å². The summed E-state index contributed by atoms with van der Waals surface area (Å²) in [6.45, 7) is 0.461. The van der Waals surface area contributed by atoms with Crippen molar-refractivity contribution >= 4 is 57.7 Å². The van der Waals surface area contributed by atoms with Gasteiger partial charge in [0.15, 0.2) is 0 Å². The Bertz CT molecular complexity index is 1480. The van der Waals surface area contributed by atoms with Crippen LogP contribution in [0, 0.1) is 0 Å². The molecule has 8 heteroatoms. The van der Waals surface area contributed by atoms with Gasteiger partial charge in [-0.1, -0.05) is 108 Å². The molecule has 2 aliphatic rings. The lowest BCUT2D eigenvalue weighted by molar-refractivity contribution is -0.134. The first-order valence-corrected chi connectivity index (χ1v) is 13.2. The molecule has 0 saturated carbocycles. The van der Waals surface area contributed by atoms with Crippen LogP contribution in [0.2, 0.25) is 10.0 Å². The molecule has 0 saturated heterocycles. The largest absolute Gasteiger partial charge is 0.456 e. The van der Waals surface area contributed by atoms with Crippen molar-refractivity contribution < 1.29 is 19.1 Å². The van der Waals surface area contributed by atoms with Gasteiger partial charge in [-0.05, 0) is 35.4 Å². The molecule has 0 bridgehead atoms. The maximum atomic E-state index is 11.9. The van der Waals surface area contributed by atoms with E-state index in [9.17, 15) is 9.59 Å². The van der Waals surface area contributed by atoms with E-state index in [-0.39, 0.29) is 25.2 Å². The van der Waals surface area contributed by atoms with Gasteiger partial charge < -0.3 is 20.1 Å². The molecule has 0 fully saturated rings. The summed E-state index contributed by atoms with van der Waals surface area (Å²) in [6.07, 6.45) is 0. The lowest BCUT2D eigenvalue weighted by Gasteiger charge is -2.09. The molecule has 0 spiro atoms. The number of anilines is 2. The van der Waals surface area contributed by atoms with Gasteiger partial charge in [0.1, 0.15) is 13.2 Å². The van der Waals surface area contributed by atoms with E-state index in [2.05, 4.69) is 10.6 Å². The number of benzene rings is 4. The minimum Gasteiger partial charge on any atom is -0.456 e. The second-order valence-corrected chi connectivity index (χ2v) is 9.62. The first kappa shape index (κ1) is 27.1. The number of nitrogens with one attached hydrogen (secondary N) is 2. The molecule has 0 atom stereocenters. The summed E-state index contributed by atoms with van der Waals surface area (Å²) in [7, 11) is 0. The average Bonchev–Trinajstić information content (AvgIpc) is 3.53. The van der Waals surface area contributed by atoms with Gasteiger partial charge in [0.2, 0.25) is 0 Å². The zero-order valence-corrected chi connectivity index (χ0v) is 22.7. The van der Waals surface area contributed by atoms with Crippen LogP contribution in [0.5, 0.6) is 0 Å². The van der Waals surface area contributed by atoms with Crippen LogP contribution in [0.1, 0.15) is 11.1 Å². The van der Waals surface area contributed by atoms with Crippen molar-refractivity contribution in [2.45, 2.75) is 0 Å². The number of hydrogen-bond acceptors (Lipinski definition) is 6. The molecule has 0 amide bonds. The molecular formula is C32H24Cl2N2O4. The Kier molecular flexibility index (Phi) is 8.50. The third kappa shape index (κ3) is 6.20. The lowest BCUT2D eigenvalue weighted by atomic mass is 10.1. The Morgan fingerprint density at radius 2 is 0.850 bits per heavy atom. The maximum absolute atomic E-state index is 11.9. The van der Waals surface area contributed by atoms with Gasteiger partial charge in [0.25, 0.3) is 0 Å². The SMILES string of the molecule is O=C1OCC(Nc2ccccc2Cl)=C1c1ccccc1.O=C1OCC(Nc2ccccc2Cl)=C1c1ccccc1. The highest BCUT2D eigenvalue weighted by atomic mass is 35.5. The number of hydrogen-bond donors (Lipinski definition) is 2. The smallest absolute Gasteiger partial charge is 0.341 e. The van der Waals surface area contributed by atoms with Gasteiger partial charge in [0, 0.05) is 0 Å². The highest BCUT2D eigenvalue weighted by Crippen LogP contribution is 2.31. The number of ether oxygens (including phenoxy) is 2. The number of carbonyl (C=O) groups is 2. The van der Waals surface area contributed by atoms with Gasteiger partial charge in [-0.25, -0.2) is 9.59 Å². The van der Waals surface area contributed by atoms with E-state index >= 15 is 0 Å². The fourth-order valence-electron chi connectivity index (χ4n) is 4.25. The van der Waals surface area contributed by atoms with Gasteiger partial charge in [0.05, 0.1) is 44.0 Å². The molecular weight excluding hydrogens is 547 g/mol. The van der Waals surface area contributed by atoms with Crippen LogP contribution in [-0.4, -0.2) is 25.2 Å². The normalized spacial score (nSPS) is 14.3. The molecule has 4 aromatic rings.